The predicted molar refractivity (Wildman–Crippen MR) is 121 cm³/mol. The summed E-state index contributed by atoms with van der Waals surface area (Å²) in [7, 11) is 1.47. The van der Waals surface area contributed by atoms with Gasteiger partial charge in [0.25, 0.3) is 0 Å². The van der Waals surface area contributed by atoms with Gasteiger partial charge in [-0.3, -0.25) is 4.79 Å². The third-order valence-electron chi connectivity index (χ3n) is 6.02. The maximum Gasteiger partial charge on any atom is 0.407 e. The Morgan fingerprint density at radius 3 is 2.12 bits per heavy atom. The number of aliphatic carboxylic acids is 1. The smallest absolute Gasteiger partial charge is 0.407 e. The first-order valence-electron chi connectivity index (χ1n) is 10.7. The molecule has 0 unspecified atom stereocenters. The normalized spacial score (nSPS) is 13.6. The highest BCUT2D eigenvalue weighted by atomic mass is 16.5. The molecule has 0 saturated heterocycles. The number of carboxylic acids is 1. The second-order valence-corrected chi connectivity index (χ2v) is 9.04. The number of fused-ring (bicyclic) bond motifs is 3. The molecule has 2 aromatic rings. The van der Waals surface area contributed by atoms with E-state index in [1.54, 1.807) is 0 Å². The molecule has 2 amide bonds. The van der Waals surface area contributed by atoms with Gasteiger partial charge in [-0.05, 0) is 34.6 Å². The lowest BCUT2D eigenvalue weighted by Gasteiger charge is -2.28. The lowest BCUT2D eigenvalue weighted by molar-refractivity contribution is -0.149. The quantitative estimate of drug-likeness (QED) is 0.652. The van der Waals surface area contributed by atoms with Gasteiger partial charge < -0.3 is 20.1 Å². The van der Waals surface area contributed by atoms with Crippen LogP contribution in [0, 0.1) is 5.41 Å². The molecule has 3 rings (SSSR count). The molecule has 1 aliphatic carbocycles. The second-order valence-electron chi connectivity index (χ2n) is 9.04. The Labute approximate surface area is 188 Å². The Morgan fingerprint density at radius 1 is 1.06 bits per heavy atom. The predicted octanol–water partition coefficient (Wildman–Crippen LogP) is 3.87. The van der Waals surface area contributed by atoms with Crippen LogP contribution < -0.4 is 5.32 Å². The van der Waals surface area contributed by atoms with Crippen LogP contribution in [0.2, 0.25) is 0 Å². The number of nitrogens with one attached hydrogen (secondary N) is 1. The molecule has 0 fully saturated rings. The molecule has 170 valence electrons. The number of carbonyl (C=O) groups is 3. The summed E-state index contributed by atoms with van der Waals surface area (Å²) in [4.78, 5) is 37.1. The van der Waals surface area contributed by atoms with Crippen LogP contribution in [0.5, 0.6) is 0 Å². The molecule has 2 aromatic carbocycles. The number of ether oxygens (including phenoxy) is 1. The Bertz CT molecular complexity index is 971. The van der Waals surface area contributed by atoms with Crippen molar-refractivity contribution in [3.05, 3.63) is 59.7 Å². The van der Waals surface area contributed by atoms with Gasteiger partial charge in [0.2, 0.25) is 5.91 Å². The molecule has 0 saturated carbocycles. The molecule has 7 heteroatoms. The topological polar surface area (TPSA) is 95.9 Å². The van der Waals surface area contributed by atoms with Gasteiger partial charge in [-0.25, -0.2) is 9.59 Å². The largest absolute Gasteiger partial charge is 0.480 e. The molecule has 7 nitrogen and oxygen atoms in total. The van der Waals surface area contributed by atoms with Gasteiger partial charge in [0.15, 0.2) is 0 Å². The Kier molecular flexibility index (Phi) is 6.87. The summed E-state index contributed by atoms with van der Waals surface area (Å²) in [5, 5.41) is 11.8. The molecule has 0 heterocycles. The highest BCUT2D eigenvalue weighted by molar-refractivity contribution is 5.83. The van der Waals surface area contributed by atoms with Crippen LogP contribution in [0.1, 0.15) is 44.2 Å². The van der Waals surface area contributed by atoms with Crippen molar-refractivity contribution < 1.29 is 24.2 Å². The number of nitrogens with zero attached hydrogens (tertiary/aromatic N) is 1. The highest BCUT2D eigenvalue weighted by Crippen LogP contribution is 2.44. The maximum atomic E-state index is 12.4. The number of carbonyl (C=O) groups excluding carboxylic acids is 2. The van der Waals surface area contributed by atoms with Gasteiger partial charge in [0.1, 0.15) is 12.6 Å². The van der Waals surface area contributed by atoms with Crippen LogP contribution in [0.15, 0.2) is 48.5 Å². The molecule has 0 aliphatic heterocycles. The molecule has 0 bridgehead atoms. The minimum Gasteiger partial charge on any atom is -0.480 e. The van der Waals surface area contributed by atoms with E-state index in [0.717, 1.165) is 22.3 Å². The van der Waals surface area contributed by atoms with Crippen molar-refractivity contribution in [2.24, 2.45) is 5.41 Å². The van der Waals surface area contributed by atoms with E-state index in [0.29, 0.717) is 0 Å². The first kappa shape index (κ1) is 23.3. The third-order valence-corrected chi connectivity index (χ3v) is 6.02. The second kappa shape index (κ2) is 9.42. The van der Waals surface area contributed by atoms with Crippen molar-refractivity contribution in [2.75, 3.05) is 20.2 Å². The molecular formula is C25H30N2O5. The first-order valence-corrected chi connectivity index (χ1v) is 10.7. The lowest BCUT2D eigenvalue weighted by atomic mass is 9.88. The van der Waals surface area contributed by atoms with Crippen molar-refractivity contribution in [2.45, 2.75) is 39.2 Å². The molecule has 0 spiro atoms. The van der Waals surface area contributed by atoms with Crippen LogP contribution in [-0.4, -0.2) is 54.2 Å². The number of amides is 2. The summed E-state index contributed by atoms with van der Waals surface area (Å²) < 4.78 is 5.53. The van der Waals surface area contributed by atoms with E-state index in [2.05, 4.69) is 29.6 Å². The summed E-state index contributed by atoms with van der Waals surface area (Å²) in [5.41, 5.74) is 4.05. The Morgan fingerprint density at radius 2 is 1.59 bits per heavy atom. The summed E-state index contributed by atoms with van der Waals surface area (Å²) >= 11 is 0. The monoisotopic (exact) mass is 438 g/mol. The average Bonchev–Trinajstić information content (AvgIpc) is 3.08. The van der Waals surface area contributed by atoms with Gasteiger partial charge in [-0.1, -0.05) is 62.4 Å². The van der Waals surface area contributed by atoms with Gasteiger partial charge in [0.05, 0.1) is 0 Å². The van der Waals surface area contributed by atoms with E-state index in [-0.39, 0.29) is 31.4 Å². The third kappa shape index (κ3) is 5.10. The maximum absolute atomic E-state index is 12.4. The number of rotatable bonds is 8. The van der Waals surface area contributed by atoms with Crippen molar-refractivity contribution >= 4 is 18.0 Å². The number of carboxylic acid groups (broad SMARTS) is 1. The van der Waals surface area contributed by atoms with Crippen LogP contribution in [0.25, 0.3) is 11.1 Å². The van der Waals surface area contributed by atoms with Gasteiger partial charge >= 0.3 is 12.1 Å². The zero-order valence-electron chi connectivity index (χ0n) is 18.9. The van der Waals surface area contributed by atoms with E-state index in [1.807, 2.05) is 38.1 Å². The van der Waals surface area contributed by atoms with E-state index in [9.17, 15) is 14.4 Å². The lowest BCUT2D eigenvalue weighted by Crippen LogP contribution is -2.43. The van der Waals surface area contributed by atoms with Crippen molar-refractivity contribution in [3.8, 4) is 11.1 Å². The molecule has 2 N–H and O–H groups in total. The minimum absolute atomic E-state index is 0.0195. The van der Waals surface area contributed by atoms with Crippen LogP contribution >= 0.6 is 0 Å². The van der Waals surface area contributed by atoms with Crippen LogP contribution in [0.4, 0.5) is 4.79 Å². The minimum atomic E-state index is -1.06. The SMILES string of the molecule is C[C@@H](C(=O)O)N(C)C(=O)CC(C)(C)CNC(=O)OCC1c2ccccc2-c2ccccc21. The number of likely N-dealkylation sites (N-methyl/N-ethyl adjacent to an activating group) is 1. The standard InChI is InChI=1S/C25H30N2O5/c1-16(23(29)30)27(4)22(28)13-25(2,3)15-26-24(31)32-14-21-19-11-7-5-9-17(19)18-10-6-8-12-20(18)21/h5-12,16,21H,13-15H2,1-4H3,(H,26,31)(H,29,30)/t16-/m0/s1. The summed E-state index contributed by atoms with van der Waals surface area (Å²) in [6.45, 7) is 5.59. The fourth-order valence-electron chi connectivity index (χ4n) is 3.94. The number of hydrogen-bond acceptors (Lipinski definition) is 4. The average molecular weight is 439 g/mol. The van der Waals surface area contributed by atoms with Gasteiger partial charge in [0, 0.05) is 25.9 Å². The number of benzene rings is 2. The van der Waals surface area contributed by atoms with Crippen molar-refractivity contribution in [1.29, 1.82) is 0 Å². The van der Waals surface area contributed by atoms with E-state index < -0.39 is 23.5 Å². The molecule has 32 heavy (non-hydrogen) atoms. The van der Waals surface area contributed by atoms with E-state index in [1.165, 1.54) is 18.9 Å². The van der Waals surface area contributed by atoms with E-state index >= 15 is 0 Å². The zero-order chi connectivity index (χ0) is 23.5. The Balaban J connectivity index is 1.54. The van der Waals surface area contributed by atoms with Crippen molar-refractivity contribution in [3.63, 3.8) is 0 Å². The molecule has 1 aliphatic rings. The van der Waals surface area contributed by atoms with Crippen molar-refractivity contribution in [1.82, 2.24) is 10.2 Å². The highest BCUT2D eigenvalue weighted by Gasteiger charge is 2.30. The molecule has 0 aromatic heterocycles. The molecule has 0 radical (unpaired) electrons. The Hall–Kier alpha value is -3.35. The molecular weight excluding hydrogens is 408 g/mol. The molecule has 1 atom stereocenters. The first-order chi connectivity index (χ1) is 15.1. The van der Waals surface area contributed by atoms with E-state index in [4.69, 9.17) is 9.84 Å². The van der Waals surface area contributed by atoms with Gasteiger partial charge in [-0.2, -0.15) is 0 Å². The summed E-state index contributed by atoms with van der Waals surface area (Å²) in [5.74, 6) is -1.37. The number of hydrogen-bond donors (Lipinski definition) is 2. The number of alkyl carbamates (subject to hydrolysis) is 1. The van der Waals surface area contributed by atoms with Gasteiger partial charge in [-0.15, -0.1) is 0 Å². The summed E-state index contributed by atoms with van der Waals surface area (Å²) in [6, 6.07) is 15.3. The fourth-order valence-corrected chi connectivity index (χ4v) is 3.94. The van der Waals surface area contributed by atoms with Crippen LogP contribution in [0.3, 0.4) is 0 Å². The fraction of sp³-hybridized carbons (Fsp3) is 0.400. The summed E-state index contributed by atoms with van der Waals surface area (Å²) in [6.07, 6.45) is -0.440. The zero-order valence-corrected chi connectivity index (χ0v) is 18.9. The van der Waals surface area contributed by atoms with Crippen LogP contribution in [-0.2, 0) is 14.3 Å².